The highest BCUT2D eigenvalue weighted by Crippen LogP contribution is 2.36. The fourth-order valence-corrected chi connectivity index (χ4v) is 5.37. The van der Waals surface area contributed by atoms with Gasteiger partial charge in [0.1, 0.15) is 4.90 Å². The van der Waals surface area contributed by atoms with Crippen LogP contribution in [0.1, 0.15) is 6.42 Å². The van der Waals surface area contributed by atoms with Gasteiger partial charge in [-0.15, -0.1) is 0 Å². The zero-order chi connectivity index (χ0) is 19.3. The van der Waals surface area contributed by atoms with Crippen molar-refractivity contribution in [3.8, 4) is 0 Å². The van der Waals surface area contributed by atoms with Crippen LogP contribution in [0.15, 0.2) is 34.1 Å². The molecule has 0 spiro atoms. The van der Waals surface area contributed by atoms with E-state index in [1.165, 1.54) is 0 Å². The molecule has 140 valence electrons. The van der Waals surface area contributed by atoms with E-state index in [9.17, 15) is 39.9 Å². The number of nitrogens with zero attached hydrogens (tertiary/aromatic N) is 1. The Labute approximate surface area is 141 Å². The highest BCUT2D eigenvalue weighted by Gasteiger charge is 2.51. The van der Waals surface area contributed by atoms with Gasteiger partial charge in [0.25, 0.3) is 15.7 Å². The van der Waals surface area contributed by atoms with Crippen molar-refractivity contribution in [1.82, 2.24) is 4.31 Å². The lowest BCUT2D eigenvalue weighted by atomic mass is 10.0. The quantitative estimate of drug-likeness (QED) is 0.703. The van der Waals surface area contributed by atoms with Gasteiger partial charge in [-0.05, 0) is 12.1 Å². The molecule has 1 aromatic rings. The summed E-state index contributed by atoms with van der Waals surface area (Å²) < 4.78 is 87.3. The highest BCUT2D eigenvalue weighted by atomic mass is 32.2. The molecule has 0 bridgehead atoms. The van der Waals surface area contributed by atoms with Gasteiger partial charge < -0.3 is 10.8 Å². The van der Waals surface area contributed by atoms with Crippen LogP contribution >= 0.6 is 0 Å². The van der Waals surface area contributed by atoms with Gasteiger partial charge in [0.05, 0.1) is 11.4 Å². The molecule has 1 aliphatic rings. The molecule has 1 heterocycles. The summed E-state index contributed by atoms with van der Waals surface area (Å²) in [7, 11) is -10.7. The van der Waals surface area contributed by atoms with Gasteiger partial charge in [-0.2, -0.15) is 17.5 Å². The summed E-state index contributed by atoms with van der Waals surface area (Å²) in [5.74, 6) is -1.19. The molecule has 8 nitrogen and oxygen atoms in total. The van der Waals surface area contributed by atoms with Crippen LogP contribution in [0.3, 0.4) is 0 Å². The summed E-state index contributed by atoms with van der Waals surface area (Å²) in [6, 6.07) is 3.22. The topological polar surface area (TPSA) is 135 Å². The molecule has 25 heavy (non-hydrogen) atoms. The Morgan fingerprint density at radius 1 is 1.16 bits per heavy atom. The summed E-state index contributed by atoms with van der Waals surface area (Å²) in [5.41, 5.74) is -2.90. The maximum absolute atomic E-state index is 12.8. The maximum atomic E-state index is 12.8. The molecule has 1 aliphatic heterocycles. The molecule has 0 aromatic heterocycles. The summed E-state index contributed by atoms with van der Waals surface area (Å²) in [4.78, 5) is 8.67. The molecule has 1 fully saturated rings. The van der Waals surface area contributed by atoms with E-state index in [0.29, 0.717) is 16.4 Å². The lowest BCUT2D eigenvalue weighted by molar-refractivity contribution is -0.134. The monoisotopic (exact) mass is 402 g/mol. The maximum Gasteiger partial charge on any atom is 0.501 e. The van der Waals surface area contributed by atoms with E-state index in [-0.39, 0.29) is 6.42 Å². The zero-order valence-electron chi connectivity index (χ0n) is 12.4. The van der Waals surface area contributed by atoms with Crippen LogP contribution in [0.4, 0.5) is 13.2 Å². The molecule has 1 saturated heterocycles. The predicted molar refractivity (Wildman–Crippen MR) is 77.2 cm³/mol. The molecule has 1 unspecified atom stereocenters. The standard InChI is InChI=1S/C12H13F3N2O6S2/c13-12(14,15)24(20,21)8-3-1-2-4-9(8)25(22,23)17-6-5-11(19,7-17)10(16)18/h1-4,19H,5-7H2,(H2,16,18). The molecule has 0 radical (unpaired) electrons. The number of hydrogen-bond donors (Lipinski definition) is 2. The van der Waals surface area contributed by atoms with Crippen LogP contribution in [-0.4, -0.2) is 56.4 Å². The number of carbonyl (C=O) groups is 1. The number of amides is 1. The average Bonchev–Trinajstić information content (AvgIpc) is 2.91. The van der Waals surface area contributed by atoms with Crippen molar-refractivity contribution in [1.29, 1.82) is 0 Å². The van der Waals surface area contributed by atoms with Crippen molar-refractivity contribution in [3.05, 3.63) is 24.3 Å². The van der Waals surface area contributed by atoms with Gasteiger partial charge >= 0.3 is 5.51 Å². The molecule has 2 rings (SSSR count). The first-order chi connectivity index (χ1) is 11.2. The average molecular weight is 402 g/mol. The number of alkyl halides is 3. The Bertz CT molecular complexity index is 913. The van der Waals surface area contributed by atoms with Gasteiger partial charge in [-0.25, -0.2) is 16.8 Å². The number of carbonyl (C=O) groups excluding carboxylic acids is 1. The highest BCUT2D eigenvalue weighted by molar-refractivity contribution is 7.94. The van der Waals surface area contributed by atoms with Crippen LogP contribution < -0.4 is 5.73 Å². The number of β-amino-alcohol motifs (C(OH)–C–C–N with tert-alkyl or cyclic N) is 1. The zero-order valence-corrected chi connectivity index (χ0v) is 14.0. The summed E-state index contributed by atoms with van der Waals surface area (Å²) in [6.45, 7) is -1.20. The lowest BCUT2D eigenvalue weighted by Gasteiger charge is -2.21. The Morgan fingerprint density at radius 3 is 2.12 bits per heavy atom. The van der Waals surface area contributed by atoms with E-state index in [2.05, 4.69) is 0 Å². The predicted octanol–water partition coefficient (Wildman–Crippen LogP) is -0.409. The first kappa shape index (κ1) is 19.6. The minimum absolute atomic E-state index is 0.365. The number of aliphatic hydroxyl groups is 1. The van der Waals surface area contributed by atoms with E-state index in [4.69, 9.17) is 5.73 Å². The molecule has 13 heteroatoms. The largest absolute Gasteiger partial charge is 0.501 e. The summed E-state index contributed by atoms with van der Waals surface area (Å²) >= 11 is 0. The Hall–Kier alpha value is -1.70. The number of sulfone groups is 1. The molecule has 0 saturated carbocycles. The number of halogens is 3. The minimum atomic E-state index is -5.92. The fraction of sp³-hybridized carbons (Fsp3) is 0.417. The number of hydrogen-bond acceptors (Lipinski definition) is 6. The molecule has 3 N–H and O–H groups in total. The van der Waals surface area contributed by atoms with E-state index in [1.54, 1.807) is 0 Å². The Balaban J connectivity index is 2.56. The van der Waals surface area contributed by atoms with Crippen molar-refractivity contribution < 1.29 is 39.9 Å². The molecular formula is C12H13F3N2O6S2. The first-order valence-corrected chi connectivity index (χ1v) is 9.59. The van der Waals surface area contributed by atoms with Gasteiger partial charge in [-0.1, -0.05) is 12.1 Å². The molecule has 1 amide bonds. The number of rotatable bonds is 4. The fourth-order valence-electron chi connectivity index (χ4n) is 2.31. The van der Waals surface area contributed by atoms with Crippen LogP contribution in [0.5, 0.6) is 0 Å². The van der Waals surface area contributed by atoms with Crippen LogP contribution in [0, 0.1) is 0 Å². The van der Waals surface area contributed by atoms with Crippen molar-refractivity contribution in [3.63, 3.8) is 0 Å². The van der Waals surface area contributed by atoms with Gasteiger partial charge in [0, 0.05) is 13.0 Å². The molecule has 1 aromatic carbocycles. The van der Waals surface area contributed by atoms with Crippen molar-refractivity contribution in [2.75, 3.05) is 13.1 Å². The number of benzene rings is 1. The molecule has 0 aliphatic carbocycles. The van der Waals surface area contributed by atoms with E-state index in [0.717, 1.165) is 12.1 Å². The van der Waals surface area contributed by atoms with Crippen molar-refractivity contribution >= 4 is 25.8 Å². The number of primary amides is 1. The van der Waals surface area contributed by atoms with Crippen molar-refractivity contribution in [2.24, 2.45) is 5.73 Å². The van der Waals surface area contributed by atoms with Crippen LogP contribution in [0.2, 0.25) is 0 Å². The van der Waals surface area contributed by atoms with Crippen molar-refractivity contribution in [2.45, 2.75) is 27.3 Å². The number of sulfonamides is 1. The second-order valence-electron chi connectivity index (χ2n) is 5.38. The third-order valence-electron chi connectivity index (χ3n) is 3.73. The minimum Gasteiger partial charge on any atom is -0.379 e. The molecule has 1 atom stereocenters. The van der Waals surface area contributed by atoms with Gasteiger partial charge in [0.15, 0.2) is 5.60 Å². The Kier molecular flexibility index (Phi) is 4.66. The van der Waals surface area contributed by atoms with Gasteiger partial charge in [0.2, 0.25) is 10.0 Å². The third-order valence-corrected chi connectivity index (χ3v) is 7.31. The van der Waals surface area contributed by atoms with E-state index in [1.807, 2.05) is 0 Å². The van der Waals surface area contributed by atoms with E-state index < -0.39 is 59.8 Å². The van der Waals surface area contributed by atoms with E-state index >= 15 is 0 Å². The molecular weight excluding hydrogens is 389 g/mol. The smallest absolute Gasteiger partial charge is 0.379 e. The normalized spacial score (nSPS) is 22.9. The number of nitrogens with two attached hydrogens (primary N) is 1. The Morgan fingerprint density at radius 2 is 1.68 bits per heavy atom. The summed E-state index contributed by atoms with van der Waals surface area (Å²) in [6.07, 6.45) is -0.365. The first-order valence-electron chi connectivity index (χ1n) is 6.66. The summed E-state index contributed by atoms with van der Waals surface area (Å²) in [5, 5.41) is 9.93. The van der Waals surface area contributed by atoms with Gasteiger partial charge in [-0.3, -0.25) is 4.79 Å². The van der Waals surface area contributed by atoms with Crippen LogP contribution in [-0.2, 0) is 24.7 Å². The third kappa shape index (κ3) is 3.23. The lowest BCUT2D eigenvalue weighted by Crippen LogP contribution is -2.46. The SMILES string of the molecule is NC(=O)C1(O)CCN(S(=O)(=O)c2ccccc2S(=O)(=O)C(F)(F)F)C1. The second kappa shape index (κ2) is 5.93. The van der Waals surface area contributed by atoms with Crippen LogP contribution in [0.25, 0.3) is 0 Å². The second-order valence-corrected chi connectivity index (χ2v) is 9.20.